The molecule has 0 spiro atoms. The Balaban J connectivity index is 1.90. The number of para-hydroxylation sites is 1. The standard InChI is InChI=1S/C18H22N2O/c1-13(14-6-8-16(21)9-7-14)20-12-15(10-11-19)17-4-2-3-5-18(17)20/h2-9,13,15,21H,10-12,19H2,1H3. The molecule has 0 aromatic heterocycles. The van der Waals surface area contributed by atoms with Crippen molar-refractivity contribution in [2.24, 2.45) is 5.73 Å². The number of nitrogens with two attached hydrogens (primary N) is 1. The molecule has 1 heterocycles. The second-order valence-electron chi connectivity index (χ2n) is 5.75. The summed E-state index contributed by atoms with van der Waals surface area (Å²) in [6, 6.07) is 16.4. The summed E-state index contributed by atoms with van der Waals surface area (Å²) < 4.78 is 0. The zero-order valence-electron chi connectivity index (χ0n) is 12.4. The Morgan fingerprint density at radius 3 is 2.62 bits per heavy atom. The fourth-order valence-corrected chi connectivity index (χ4v) is 3.28. The van der Waals surface area contributed by atoms with Gasteiger partial charge in [-0.25, -0.2) is 0 Å². The van der Waals surface area contributed by atoms with Gasteiger partial charge in [-0.15, -0.1) is 0 Å². The summed E-state index contributed by atoms with van der Waals surface area (Å²) in [6.07, 6.45) is 1.02. The highest BCUT2D eigenvalue weighted by Gasteiger charge is 2.30. The molecule has 3 heteroatoms. The van der Waals surface area contributed by atoms with Crippen molar-refractivity contribution in [3.63, 3.8) is 0 Å². The molecule has 3 nitrogen and oxygen atoms in total. The molecule has 110 valence electrons. The van der Waals surface area contributed by atoms with Gasteiger partial charge in [0.05, 0.1) is 6.04 Å². The van der Waals surface area contributed by atoms with E-state index >= 15 is 0 Å². The number of rotatable bonds is 4. The van der Waals surface area contributed by atoms with E-state index in [9.17, 15) is 5.11 Å². The van der Waals surface area contributed by atoms with Gasteiger partial charge in [0.1, 0.15) is 5.75 Å². The van der Waals surface area contributed by atoms with Crippen molar-refractivity contribution < 1.29 is 5.11 Å². The molecule has 1 aliphatic heterocycles. The SMILES string of the molecule is CC(c1ccc(O)cc1)N1CC(CCN)c2ccccc21. The van der Waals surface area contributed by atoms with Crippen molar-refractivity contribution in [3.8, 4) is 5.75 Å². The molecule has 0 radical (unpaired) electrons. The Morgan fingerprint density at radius 2 is 1.90 bits per heavy atom. The number of phenolic OH excluding ortho intramolecular Hbond substituents is 1. The molecule has 0 saturated carbocycles. The van der Waals surface area contributed by atoms with E-state index in [0.717, 1.165) is 19.5 Å². The molecule has 2 aromatic carbocycles. The molecule has 1 aliphatic rings. The van der Waals surface area contributed by atoms with Crippen LogP contribution >= 0.6 is 0 Å². The predicted octanol–water partition coefficient (Wildman–Crippen LogP) is 3.41. The lowest BCUT2D eigenvalue weighted by atomic mass is 9.98. The smallest absolute Gasteiger partial charge is 0.115 e. The first-order valence-electron chi connectivity index (χ1n) is 7.55. The zero-order chi connectivity index (χ0) is 14.8. The summed E-state index contributed by atoms with van der Waals surface area (Å²) in [4.78, 5) is 2.45. The van der Waals surface area contributed by atoms with E-state index in [2.05, 4.69) is 36.1 Å². The molecule has 0 fully saturated rings. The molecule has 2 unspecified atom stereocenters. The second kappa shape index (κ2) is 5.78. The van der Waals surface area contributed by atoms with E-state index in [1.807, 2.05) is 12.1 Å². The lowest BCUT2D eigenvalue weighted by Gasteiger charge is -2.28. The number of hydrogen-bond acceptors (Lipinski definition) is 3. The number of aromatic hydroxyl groups is 1. The van der Waals surface area contributed by atoms with Crippen molar-refractivity contribution in [2.75, 3.05) is 18.0 Å². The minimum atomic E-state index is 0.287. The van der Waals surface area contributed by atoms with Crippen molar-refractivity contribution in [3.05, 3.63) is 59.7 Å². The summed E-state index contributed by atoms with van der Waals surface area (Å²) in [7, 11) is 0. The molecule has 21 heavy (non-hydrogen) atoms. The van der Waals surface area contributed by atoms with Crippen LogP contribution in [0, 0.1) is 0 Å². The van der Waals surface area contributed by atoms with E-state index in [-0.39, 0.29) is 6.04 Å². The van der Waals surface area contributed by atoms with E-state index in [4.69, 9.17) is 5.73 Å². The van der Waals surface area contributed by atoms with E-state index in [1.54, 1.807) is 12.1 Å². The number of hydrogen-bond donors (Lipinski definition) is 2. The quantitative estimate of drug-likeness (QED) is 0.903. The Labute approximate surface area is 126 Å². The van der Waals surface area contributed by atoms with Gasteiger partial charge in [0, 0.05) is 18.2 Å². The molecule has 2 aromatic rings. The van der Waals surface area contributed by atoms with Gasteiger partial charge in [-0.1, -0.05) is 30.3 Å². The van der Waals surface area contributed by atoms with Crippen LogP contribution in [-0.2, 0) is 0 Å². The summed E-state index contributed by atoms with van der Waals surface area (Å²) in [5.41, 5.74) is 9.71. The molecule has 0 saturated heterocycles. The first-order chi connectivity index (χ1) is 10.2. The maximum absolute atomic E-state index is 9.45. The maximum atomic E-state index is 9.45. The van der Waals surface area contributed by atoms with Gasteiger partial charge in [-0.05, 0) is 49.2 Å². The molecular formula is C18H22N2O. The Kier molecular flexibility index (Phi) is 3.84. The van der Waals surface area contributed by atoms with Gasteiger partial charge in [-0.3, -0.25) is 0 Å². The maximum Gasteiger partial charge on any atom is 0.115 e. The topological polar surface area (TPSA) is 49.5 Å². The van der Waals surface area contributed by atoms with Gasteiger partial charge in [0.2, 0.25) is 0 Å². The van der Waals surface area contributed by atoms with Crippen LogP contribution in [0.15, 0.2) is 48.5 Å². The molecular weight excluding hydrogens is 260 g/mol. The fraction of sp³-hybridized carbons (Fsp3) is 0.333. The van der Waals surface area contributed by atoms with Crippen LogP contribution < -0.4 is 10.6 Å². The molecule has 3 N–H and O–H groups in total. The normalized spacial score (nSPS) is 18.6. The van der Waals surface area contributed by atoms with Crippen molar-refractivity contribution >= 4 is 5.69 Å². The van der Waals surface area contributed by atoms with Crippen molar-refractivity contribution in [1.82, 2.24) is 0 Å². The molecule has 0 amide bonds. The van der Waals surface area contributed by atoms with Gasteiger partial charge < -0.3 is 15.7 Å². The average Bonchev–Trinajstić information content (AvgIpc) is 2.87. The molecule has 0 bridgehead atoms. The third-order valence-corrected chi connectivity index (χ3v) is 4.46. The number of benzene rings is 2. The molecule has 2 atom stereocenters. The summed E-state index contributed by atoms with van der Waals surface area (Å²) in [5, 5.41) is 9.45. The number of phenols is 1. The van der Waals surface area contributed by atoms with Crippen LogP contribution in [0.1, 0.15) is 36.4 Å². The lowest BCUT2D eigenvalue weighted by molar-refractivity contribution is 0.474. The molecule has 3 rings (SSSR count). The van der Waals surface area contributed by atoms with Crippen LogP contribution in [0.25, 0.3) is 0 Å². The average molecular weight is 282 g/mol. The van der Waals surface area contributed by atoms with Gasteiger partial charge in [0.15, 0.2) is 0 Å². The zero-order valence-corrected chi connectivity index (χ0v) is 12.4. The summed E-state index contributed by atoms with van der Waals surface area (Å²) in [5.74, 6) is 0.833. The lowest BCUT2D eigenvalue weighted by Crippen LogP contribution is -2.26. The number of nitrogens with zero attached hydrogens (tertiary/aromatic N) is 1. The highest BCUT2D eigenvalue weighted by atomic mass is 16.3. The summed E-state index contributed by atoms with van der Waals surface area (Å²) in [6.45, 7) is 3.95. The highest BCUT2D eigenvalue weighted by Crippen LogP contribution is 2.42. The van der Waals surface area contributed by atoms with Crippen LogP contribution in [-0.4, -0.2) is 18.2 Å². The summed E-state index contributed by atoms with van der Waals surface area (Å²) >= 11 is 0. The van der Waals surface area contributed by atoms with E-state index in [1.165, 1.54) is 16.8 Å². The minimum Gasteiger partial charge on any atom is -0.508 e. The van der Waals surface area contributed by atoms with Crippen molar-refractivity contribution in [2.45, 2.75) is 25.3 Å². The third kappa shape index (κ3) is 2.61. The monoisotopic (exact) mass is 282 g/mol. The van der Waals surface area contributed by atoms with Crippen LogP contribution in [0.5, 0.6) is 5.75 Å². The fourth-order valence-electron chi connectivity index (χ4n) is 3.28. The highest BCUT2D eigenvalue weighted by molar-refractivity contribution is 5.61. The van der Waals surface area contributed by atoms with E-state index in [0.29, 0.717) is 11.7 Å². The van der Waals surface area contributed by atoms with Gasteiger partial charge in [-0.2, -0.15) is 0 Å². The van der Waals surface area contributed by atoms with Crippen LogP contribution in [0.2, 0.25) is 0 Å². The largest absolute Gasteiger partial charge is 0.508 e. The Hall–Kier alpha value is -2.00. The van der Waals surface area contributed by atoms with Crippen molar-refractivity contribution in [1.29, 1.82) is 0 Å². The molecule has 0 aliphatic carbocycles. The Bertz CT molecular complexity index is 609. The Morgan fingerprint density at radius 1 is 1.19 bits per heavy atom. The first-order valence-corrected chi connectivity index (χ1v) is 7.55. The minimum absolute atomic E-state index is 0.287. The predicted molar refractivity (Wildman–Crippen MR) is 86.7 cm³/mol. The number of anilines is 1. The van der Waals surface area contributed by atoms with Gasteiger partial charge in [0.25, 0.3) is 0 Å². The van der Waals surface area contributed by atoms with Gasteiger partial charge >= 0.3 is 0 Å². The number of fused-ring (bicyclic) bond motifs is 1. The third-order valence-electron chi connectivity index (χ3n) is 4.46. The second-order valence-corrected chi connectivity index (χ2v) is 5.75. The van der Waals surface area contributed by atoms with Crippen LogP contribution in [0.3, 0.4) is 0 Å². The first kappa shape index (κ1) is 14.0. The van der Waals surface area contributed by atoms with Crippen LogP contribution in [0.4, 0.5) is 5.69 Å². The van der Waals surface area contributed by atoms with E-state index < -0.39 is 0 Å².